The molecule has 0 saturated carbocycles. The number of fused-ring (bicyclic) bond motifs is 3. The molecule has 0 spiro atoms. The number of nitriles is 1. The highest BCUT2D eigenvalue weighted by Gasteiger charge is 2.26. The summed E-state index contributed by atoms with van der Waals surface area (Å²) < 4.78 is 41.1. The lowest BCUT2D eigenvalue weighted by Crippen LogP contribution is -2.13. The van der Waals surface area contributed by atoms with Gasteiger partial charge in [0.2, 0.25) is 0 Å². The number of rotatable bonds is 2. The first kappa shape index (κ1) is 16.4. The minimum Gasteiger partial charge on any atom is -0.242 e. The van der Waals surface area contributed by atoms with Gasteiger partial charge in [0, 0.05) is 10.8 Å². The van der Waals surface area contributed by atoms with Crippen molar-refractivity contribution in [2.24, 2.45) is 0 Å². The Bertz CT molecular complexity index is 1330. The van der Waals surface area contributed by atoms with Gasteiger partial charge in [-0.2, -0.15) is 5.26 Å². The summed E-state index contributed by atoms with van der Waals surface area (Å²) in [5.41, 5.74) is 0.0367. The van der Waals surface area contributed by atoms with E-state index >= 15 is 0 Å². The van der Waals surface area contributed by atoms with E-state index in [1.807, 2.05) is 6.07 Å². The van der Waals surface area contributed by atoms with E-state index in [-0.39, 0.29) is 37.5 Å². The van der Waals surface area contributed by atoms with E-state index in [1.165, 1.54) is 18.3 Å². The molecule has 0 aliphatic heterocycles. The standard InChI is InChI=1S/C17H8ClFN4O2S/c18-16-13(7-20)21-9-14-15(16)12-6-10(19)8-22-17(12)23(14)26(24,25)11-4-2-1-3-5-11/h1-6,8-9H. The van der Waals surface area contributed by atoms with Gasteiger partial charge in [-0.3, -0.25) is 0 Å². The zero-order chi connectivity index (χ0) is 18.5. The second-order valence-corrected chi connectivity index (χ2v) is 7.56. The molecule has 0 aliphatic carbocycles. The van der Waals surface area contributed by atoms with Crippen molar-refractivity contribution in [2.45, 2.75) is 4.90 Å². The van der Waals surface area contributed by atoms with Crippen LogP contribution < -0.4 is 0 Å². The zero-order valence-electron chi connectivity index (χ0n) is 12.9. The fourth-order valence-corrected chi connectivity index (χ4v) is 4.57. The lowest BCUT2D eigenvalue weighted by molar-refractivity contribution is 0.589. The Labute approximate surface area is 152 Å². The third kappa shape index (κ3) is 2.25. The summed E-state index contributed by atoms with van der Waals surface area (Å²) in [5, 5.41) is 9.48. The first-order chi connectivity index (χ1) is 12.4. The van der Waals surface area contributed by atoms with Crippen molar-refractivity contribution in [1.82, 2.24) is 13.9 Å². The van der Waals surface area contributed by atoms with Gasteiger partial charge in [0.05, 0.1) is 27.8 Å². The summed E-state index contributed by atoms with van der Waals surface area (Å²) in [4.78, 5) is 7.89. The summed E-state index contributed by atoms with van der Waals surface area (Å²) in [5.74, 6) is -0.653. The van der Waals surface area contributed by atoms with E-state index in [9.17, 15) is 12.8 Å². The molecule has 4 aromatic rings. The fourth-order valence-electron chi connectivity index (χ4n) is 2.80. The second-order valence-electron chi connectivity index (χ2n) is 5.40. The Balaban J connectivity index is 2.23. The molecule has 3 aromatic heterocycles. The monoisotopic (exact) mass is 386 g/mol. The van der Waals surface area contributed by atoms with E-state index in [0.717, 1.165) is 16.2 Å². The van der Waals surface area contributed by atoms with Gasteiger partial charge in [-0.05, 0) is 18.2 Å². The van der Waals surface area contributed by atoms with Crippen molar-refractivity contribution in [3.63, 3.8) is 0 Å². The molecule has 0 amide bonds. The van der Waals surface area contributed by atoms with Crippen LogP contribution in [0.2, 0.25) is 5.02 Å². The molecule has 0 radical (unpaired) electrons. The van der Waals surface area contributed by atoms with Crippen molar-refractivity contribution in [2.75, 3.05) is 0 Å². The Kier molecular flexibility index (Phi) is 3.64. The Hall–Kier alpha value is -3.02. The summed E-state index contributed by atoms with van der Waals surface area (Å²) in [6.07, 6.45) is 2.14. The van der Waals surface area contributed by atoms with Gasteiger partial charge in [-0.25, -0.2) is 26.7 Å². The molecule has 0 aliphatic rings. The van der Waals surface area contributed by atoms with Crippen LogP contribution in [0.3, 0.4) is 0 Å². The molecule has 1 aromatic carbocycles. The molecule has 0 N–H and O–H groups in total. The second kappa shape index (κ2) is 5.76. The van der Waals surface area contributed by atoms with Crippen LogP contribution in [0.15, 0.2) is 53.7 Å². The molecule has 0 saturated heterocycles. The minimum absolute atomic E-state index is 0.00374. The summed E-state index contributed by atoms with van der Waals surface area (Å²) in [6, 6.07) is 10.7. The molecule has 26 heavy (non-hydrogen) atoms. The number of halogens is 2. The number of benzene rings is 1. The molecule has 0 unspecified atom stereocenters. The summed E-state index contributed by atoms with van der Waals surface area (Å²) >= 11 is 6.24. The molecule has 0 fully saturated rings. The number of aromatic nitrogens is 3. The highest BCUT2D eigenvalue weighted by atomic mass is 35.5. The Morgan fingerprint density at radius 1 is 1.15 bits per heavy atom. The van der Waals surface area contributed by atoms with Gasteiger partial charge >= 0.3 is 0 Å². The average molecular weight is 387 g/mol. The van der Waals surface area contributed by atoms with E-state index in [0.29, 0.717) is 0 Å². The zero-order valence-corrected chi connectivity index (χ0v) is 14.5. The van der Waals surface area contributed by atoms with Crippen molar-refractivity contribution < 1.29 is 12.8 Å². The number of pyridine rings is 2. The molecular formula is C17H8ClFN4O2S. The van der Waals surface area contributed by atoms with Crippen molar-refractivity contribution >= 4 is 43.6 Å². The maximum atomic E-state index is 13.8. The molecule has 0 atom stereocenters. The molecule has 6 nitrogen and oxygen atoms in total. The lowest BCUT2D eigenvalue weighted by Gasteiger charge is -2.08. The van der Waals surface area contributed by atoms with Gasteiger partial charge < -0.3 is 0 Å². The number of nitrogens with zero attached hydrogens (tertiary/aromatic N) is 4. The van der Waals surface area contributed by atoms with Crippen LogP contribution in [0.4, 0.5) is 4.39 Å². The van der Waals surface area contributed by atoms with Gasteiger partial charge in [0.1, 0.15) is 11.9 Å². The average Bonchev–Trinajstić information content (AvgIpc) is 2.97. The first-order valence-electron chi connectivity index (χ1n) is 7.30. The predicted molar refractivity (Wildman–Crippen MR) is 93.7 cm³/mol. The van der Waals surface area contributed by atoms with Crippen LogP contribution in [0, 0.1) is 17.1 Å². The highest BCUT2D eigenvalue weighted by molar-refractivity contribution is 7.90. The van der Waals surface area contributed by atoms with Crippen LogP contribution in [0.25, 0.3) is 21.9 Å². The molecular weight excluding hydrogens is 379 g/mol. The highest BCUT2D eigenvalue weighted by Crippen LogP contribution is 2.36. The van der Waals surface area contributed by atoms with Crippen molar-refractivity contribution in [1.29, 1.82) is 5.26 Å². The third-order valence-electron chi connectivity index (χ3n) is 3.90. The molecule has 4 rings (SSSR count). The smallest absolute Gasteiger partial charge is 0.242 e. The Morgan fingerprint density at radius 2 is 1.88 bits per heavy atom. The molecule has 9 heteroatoms. The number of hydrogen-bond donors (Lipinski definition) is 0. The largest absolute Gasteiger partial charge is 0.269 e. The van der Waals surface area contributed by atoms with Crippen LogP contribution in [0.5, 0.6) is 0 Å². The minimum atomic E-state index is -4.05. The summed E-state index contributed by atoms with van der Waals surface area (Å²) in [6.45, 7) is 0. The van der Waals surface area contributed by atoms with Crippen molar-refractivity contribution in [3.05, 3.63) is 65.3 Å². The summed E-state index contributed by atoms with van der Waals surface area (Å²) in [7, 11) is -4.05. The maximum Gasteiger partial charge on any atom is 0.269 e. The van der Waals surface area contributed by atoms with E-state index in [1.54, 1.807) is 18.2 Å². The number of hydrogen-bond acceptors (Lipinski definition) is 5. The lowest BCUT2D eigenvalue weighted by atomic mass is 10.2. The van der Waals surface area contributed by atoms with Gasteiger partial charge in [-0.15, -0.1) is 0 Å². The molecule has 0 bridgehead atoms. The van der Waals surface area contributed by atoms with Crippen LogP contribution in [-0.4, -0.2) is 22.4 Å². The topological polar surface area (TPSA) is 88.6 Å². The van der Waals surface area contributed by atoms with E-state index < -0.39 is 15.8 Å². The van der Waals surface area contributed by atoms with Crippen LogP contribution in [-0.2, 0) is 10.0 Å². The first-order valence-corrected chi connectivity index (χ1v) is 9.12. The predicted octanol–water partition coefficient (Wildman–Crippen LogP) is 3.49. The third-order valence-corrected chi connectivity index (χ3v) is 5.99. The normalized spacial score (nSPS) is 11.7. The Morgan fingerprint density at radius 3 is 2.58 bits per heavy atom. The van der Waals surface area contributed by atoms with E-state index in [2.05, 4.69) is 9.97 Å². The van der Waals surface area contributed by atoms with Gasteiger partial charge in [0.25, 0.3) is 10.0 Å². The molecule has 128 valence electrons. The van der Waals surface area contributed by atoms with Crippen molar-refractivity contribution in [3.8, 4) is 6.07 Å². The van der Waals surface area contributed by atoms with Crippen LogP contribution in [0.1, 0.15) is 5.69 Å². The maximum absolute atomic E-state index is 13.8. The SMILES string of the molecule is N#Cc1ncc2c(c1Cl)c1cc(F)cnc1n2S(=O)(=O)c1ccccc1. The van der Waals surface area contributed by atoms with Gasteiger partial charge in [-0.1, -0.05) is 29.8 Å². The van der Waals surface area contributed by atoms with E-state index in [4.69, 9.17) is 16.9 Å². The fraction of sp³-hybridized carbons (Fsp3) is 0. The quantitative estimate of drug-likeness (QED) is 0.526. The molecule has 3 heterocycles. The van der Waals surface area contributed by atoms with Crippen LogP contribution >= 0.6 is 11.6 Å². The van der Waals surface area contributed by atoms with Gasteiger partial charge in [0.15, 0.2) is 11.3 Å².